The summed E-state index contributed by atoms with van der Waals surface area (Å²) in [5.41, 5.74) is 0.554. The van der Waals surface area contributed by atoms with E-state index in [1.165, 1.54) is 0 Å². The van der Waals surface area contributed by atoms with Crippen LogP contribution in [0.3, 0.4) is 0 Å². The molecule has 2 N–H and O–H groups in total. The first-order chi connectivity index (χ1) is 13.1. The van der Waals surface area contributed by atoms with Crippen LogP contribution in [0.2, 0.25) is 0 Å². The molecule has 8 nitrogen and oxygen atoms in total. The van der Waals surface area contributed by atoms with Crippen LogP contribution in [0.4, 0.5) is 0 Å². The number of piperazine rings is 1. The highest BCUT2D eigenvalue weighted by Gasteiger charge is 2.32. The molecule has 2 aliphatic rings. The maximum atomic E-state index is 12.8. The smallest absolute Gasteiger partial charge is 0.258 e. The predicted octanol–water partition coefficient (Wildman–Crippen LogP) is -0.0558. The molecule has 0 aliphatic carbocycles. The summed E-state index contributed by atoms with van der Waals surface area (Å²) in [6, 6.07) is 7.60. The van der Waals surface area contributed by atoms with Crippen LogP contribution in [0.15, 0.2) is 29.1 Å². The molecule has 2 aromatic rings. The molecule has 8 heteroatoms. The van der Waals surface area contributed by atoms with Crippen LogP contribution >= 0.6 is 0 Å². The number of hydrogen-bond donors (Lipinski definition) is 2. The van der Waals surface area contributed by atoms with Crippen molar-refractivity contribution in [3.63, 3.8) is 0 Å². The van der Waals surface area contributed by atoms with E-state index in [9.17, 15) is 9.59 Å². The van der Waals surface area contributed by atoms with Gasteiger partial charge in [-0.25, -0.2) is 4.98 Å². The SMILES string of the molecule is C[C@@H]1CN(C(=O)[C@H]2CN(Cc3nc4ccccc4c(=O)[nH]3)CCO2)CCN1. The Morgan fingerprint density at radius 1 is 1.30 bits per heavy atom. The van der Waals surface area contributed by atoms with Crippen LogP contribution < -0.4 is 10.9 Å². The molecule has 0 spiro atoms. The van der Waals surface area contributed by atoms with E-state index in [-0.39, 0.29) is 11.5 Å². The monoisotopic (exact) mass is 371 g/mol. The molecule has 1 aromatic carbocycles. The van der Waals surface area contributed by atoms with Gasteiger partial charge in [0.2, 0.25) is 0 Å². The predicted molar refractivity (Wildman–Crippen MR) is 101 cm³/mol. The number of rotatable bonds is 3. The zero-order chi connectivity index (χ0) is 18.8. The Kier molecular flexibility index (Phi) is 5.20. The number of aromatic amines is 1. The summed E-state index contributed by atoms with van der Waals surface area (Å²) in [4.78, 5) is 36.5. The number of fused-ring (bicyclic) bond motifs is 1. The van der Waals surface area contributed by atoms with Gasteiger partial charge >= 0.3 is 0 Å². The zero-order valence-electron chi connectivity index (χ0n) is 15.5. The number of carbonyl (C=O) groups is 1. The minimum atomic E-state index is -0.462. The van der Waals surface area contributed by atoms with E-state index in [4.69, 9.17) is 4.74 Å². The van der Waals surface area contributed by atoms with Crippen LogP contribution in [-0.4, -0.2) is 77.2 Å². The van der Waals surface area contributed by atoms with E-state index in [0.717, 1.165) is 6.54 Å². The largest absolute Gasteiger partial charge is 0.366 e. The second-order valence-corrected chi connectivity index (χ2v) is 7.26. The van der Waals surface area contributed by atoms with Gasteiger partial charge in [0, 0.05) is 38.8 Å². The number of ether oxygens (including phenoxy) is 1. The molecule has 3 heterocycles. The fourth-order valence-corrected chi connectivity index (χ4v) is 3.75. The maximum Gasteiger partial charge on any atom is 0.258 e. The fourth-order valence-electron chi connectivity index (χ4n) is 3.75. The molecule has 2 aliphatic heterocycles. The third kappa shape index (κ3) is 4.02. The minimum Gasteiger partial charge on any atom is -0.366 e. The number of H-pyrrole nitrogens is 1. The normalized spacial score (nSPS) is 24.3. The van der Waals surface area contributed by atoms with Crippen molar-refractivity contribution < 1.29 is 9.53 Å². The number of morpholine rings is 1. The molecule has 4 rings (SSSR count). The average molecular weight is 371 g/mol. The van der Waals surface area contributed by atoms with Gasteiger partial charge in [0.25, 0.3) is 11.5 Å². The van der Waals surface area contributed by atoms with Gasteiger partial charge in [0.15, 0.2) is 0 Å². The first-order valence-corrected chi connectivity index (χ1v) is 9.44. The van der Waals surface area contributed by atoms with Crippen molar-refractivity contribution >= 4 is 16.8 Å². The Morgan fingerprint density at radius 2 is 2.15 bits per heavy atom. The second-order valence-electron chi connectivity index (χ2n) is 7.26. The van der Waals surface area contributed by atoms with Gasteiger partial charge in [-0.2, -0.15) is 0 Å². The summed E-state index contributed by atoms with van der Waals surface area (Å²) in [5.74, 6) is 0.663. The van der Waals surface area contributed by atoms with E-state index in [1.54, 1.807) is 6.07 Å². The molecule has 0 unspecified atom stereocenters. The van der Waals surface area contributed by atoms with Gasteiger partial charge in [0.05, 0.1) is 24.1 Å². The second kappa shape index (κ2) is 7.75. The molecule has 2 fully saturated rings. The lowest BCUT2D eigenvalue weighted by Crippen LogP contribution is -2.57. The standard InChI is InChI=1S/C19H25N5O3/c1-13-10-24(7-6-20-13)19(26)16-11-23(8-9-27-16)12-17-21-15-5-3-2-4-14(15)18(25)22-17/h2-5,13,16,20H,6-12H2,1H3,(H,21,22,25)/t13-,16-/m1/s1. The summed E-state index contributed by atoms with van der Waals surface area (Å²) < 4.78 is 5.74. The van der Waals surface area contributed by atoms with Crippen molar-refractivity contribution in [1.82, 2.24) is 25.1 Å². The highest BCUT2D eigenvalue weighted by molar-refractivity contribution is 5.81. The average Bonchev–Trinajstić information content (AvgIpc) is 2.68. The van der Waals surface area contributed by atoms with Crippen molar-refractivity contribution in [2.45, 2.75) is 25.6 Å². The van der Waals surface area contributed by atoms with Crippen LogP contribution in [-0.2, 0) is 16.1 Å². The van der Waals surface area contributed by atoms with Crippen LogP contribution in [0.1, 0.15) is 12.7 Å². The summed E-state index contributed by atoms with van der Waals surface area (Å²) in [6.07, 6.45) is -0.462. The molecule has 0 radical (unpaired) electrons. The van der Waals surface area contributed by atoms with Crippen LogP contribution in [0, 0.1) is 0 Å². The highest BCUT2D eigenvalue weighted by Crippen LogP contribution is 2.13. The lowest BCUT2D eigenvalue weighted by Gasteiger charge is -2.37. The van der Waals surface area contributed by atoms with Gasteiger partial charge in [-0.3, -0.25) is 14.5 Å². The number of nitrogens with zero attached hydrogens (tertiary/aromatic N) is 3. The summed E-state index contributed by atoms with van der Waals surface area (Å²) in [6.45, 7) is 6.51. The van der Waals surface area contributed by atoms with E-state index in [0.29, 0.717) is 62.1 Å². The van der Waals surface area contributed by atoms with Crippen LogP contribution in [0.5, 0.6) is 0 Å². The highest BCUT2D eigenvalue weighted by atomic mass is 16.5. The van der Waals surface area contributed by atoms with E-state index in [2.05, 4.69) is 27.1 Å². The Balaban J connectivity index is 1.44. The lowest BCUT2D eigenvalue weighted by molar-refractivity contribution is -0.150. The van der Waals surface area contributed by atoms with Crippen molar-refractivity contribution in [3.8, 4) is 0 Å². The first-order valence-electron chi connectivity index (χ1n) is 9.44. The van der Waals surface area contributed by atoms with E-state index >= 15 is 0 Å². The number of amides is 1. The van der Waals surface area contributed by atoms with Crippen molar-refractivity contribution in [2.75, 3.05) is 39.3 Å². The number of nitrogens with one attached hydrogen (secondary N) is 2. The first kappa shape index (κ1) is 18.1. The molecule has 0 saturated carbocycles. The van der Waals surface area contributed by atoms with E-state index < -0.39 is 6.10 Å². The quantitative estimate of drug-likeness (QED) is 0.786. The van der Waals surface area contributed by atoms with E-state index in [1.807, 2.05) is 23.1 Å². The minimum absolute atomic E-state index is 0.0491. The number of hydrogen-bond acceptors (Lipinski definition) is 6. The Hall–Kier alpha value is -2.29. The summed E-state index contributed by atoms with van der Waals surface area (Å²) in [5, 5.41) is 3.93. The number of aromatic nitrogens is 2. The lowest BCUT2D eigenvalue weighted by atomic mass is 10.2. The molecule has 2 atom stereocenters. The third-order valence-electron chi connectivity index (χ3n) is 5.14. The molecular formula is C19H25N5O3. The summed E-state index contributed by atoms with van der Waals surface area (Å²) >= 11 is 0. The molecular weight excluding hydrogens is 346 g/mol. The fraction of sp³-hybridized carbons (Fsp3) is 0.526. The van der Waals surface area contributed by atoms with Gasteiger partial charge in [-0.1, -0.05) is 12.1 Å². The Morgan fingerprint density at radius 3 is 3.00 bits per heavy atom. The third-order valence-corrected chi connectivity index (χ3v) is 5.14. The van der Waals surface area contributed by atoms with Gasteiger partial charge in [-0.05, 0) is 19.1 Å². The Labute approximate surface area is 157 Å². The molecule has 1 amide bonds. The number of para-hydroxylation sites is 1. The van der Waals surface area contributed by atoms with Gasteiger partial charge < -0.3 is 19.9 Å². The zero-order valence-corrected chi connectivity index (χ0v) is 15.5. The molecule has 2 saturated heterocycles. The topological polar surface area (TPSA) is 90.6 Å². The molecule has 144 valence electrons. The van der Waals surface area contributed by atoms with Gasteiger partial charge in [-0.15, -0.1) is 0 Å². The van der Waals surface area contributed by atoms with Crippen LogP contribution in [0.25, 0.3) is 10.9 Å². The maximum absolute atomic E-state index is 12.8. The molecule has 1 aromatic heterocycles. The Bertz CT molecular complexity index is 883. The molecule has 0 bridgehead atoms. The number of carbonyl (C=O) groups excluding carboxylic acids is 1. The van der Waals surface area contributed by atoms with Crippen molar-refractivity contribution in [2.24, 2.45) is 0 Å². The van der Waals surface area contributed by atoms with Crippen molar-refractivity contribution in [1.29, 1.82) is 0 Å². The van der Waals surface area contributed by atoms with Gasteiger partial charge in [0.1, 0.15) is 11.9 Å². The molecule has 27 heavy (non-hydrogen) atoms. The summed E-state index contributed by atoms with van der Waals surface area (Å²) in [7, 11) is 0. The van der Waals surface area contributed by atoms with Crippen molar-refractivity contribution in [3.05, 3.63) is 40.4 Å². The number of benzene rings is 1.